The Labute approximate surface area is 157 Å². The van der Waals surface area contributed by atoms with Crippen LogP contribution in [-0.4, -0.2) is 17.4 Å². The molecule has 5 heteroatoms. The zero-order valence-corrected chi connectivity index (χ0v) is 15.6. The molecule has 0 saturated carbocycles. The van der Waals surface area contributed by atoms with Gasteiger partial charge in [0, 0.05) is 11.5 Å². The Bertz CT molecular complexity index is 1070. The molecule has 2 aromatic heterocycles. The lowest BCUT2D eigenvalue weighted by atomic mass is 9.99. The van der Waals surface area contributed by atoms with Gasteiger partial charge in [-0.25, -0.2) is 0 Å². The predicted molar refractivity (Wildman–Crippen MR) is 104 cm³/mol. The van der Waals surface area contributed by atoms with Crippen LogP contribution in [0, 0.1) is 6.92 Å². The van der Waals surface area contributed by atoms with Crippen LogP contribution >= 0.6 is 0 Å². The number of hydrogen-bond donors (Lipinski definition) is 1. The average Bonchev–Trinajstić information content (AvgIpc) is 3.25. The third-order valence-electron chi connectivity index (χ3n) is 4.70. The summed E-state index contributed by atoms with van der Waals surface area (Å²) < 4.78 is 17.0. The van der Waals surface area contributed by atoms with E-state index in [2.05, 4.69) is 12.1 Å². The molecule has 5 nitrogen and oxygen atoms in total. The van der Waals surface area contributed by atoms with Crippen molar-refractivity contribution in [1.82, 2.24) is 5.16 Å². The molecular weight excluding hydrogens is 342 g/mol. The van der Waals surface area contributed by atoms with Crippen molar-refractivity contribution in [2.75, 3.05) is 7.11 Å². The van der Waals surface area contributed by atoms with E-state index in [1.165, 1.54) is 0 Å². The largest absolute Gasteiger partial charge is 0.507 e. The van der Waals surface area contributed by atoms with Crippen LogP contribution in [0.5, 0.6) is 11.5 Å². The molecule has 0 radical (unpaired) electrons. The Morgan fingerprint density at radius 2 is 1.96 bits per heavy atom. The molecule has 0 aliphatic heterocycles. The summed E-state index contributed by atoms with van der Waals surface area (Å²) in [6.45, 7) is 3.97. The molecule has 1 N–H and O–H groups in total. The molecule has 0 atom stereocenters. The summed E-state index contributed by atoms with van der Waals surface area (Å²) in [6, 6.07) is 13.3. The summed E-state index contributed by atoms with van der Waals surface area (Å²) in [7, 11) is 1.60. The van der Waals surface area contributed by atoms with Gasteiger partial charge in [0.1, 0.15) is 22.8 Å². The number of ether oxygens (including phenoxy) is 1. The molecule has 0 aliphatic carbocycles. The van der Waals surface area contributed by atoms with E-state index in [0.717, 1.165) is 34.9 Å². The van der Waals surface area contributed by atoms with E-state index >= 15 is 0 Å². The predicted octanol–water partition coefficient (Wildman–Crippen LogP) is 5.73. The normalized spacial score (nSPS) is 11.2. The molecule has 2 heterocycles. The second-order valence-electron chi connectivity index (χ2n) is 6.55. The standard InChI is InChI=1S/C22H21NO4/c1-4-7-14-10-16(17(24)12-19(14)25-3)22-21(13(2)23-27-22)20-11-15-8-5-6-9-18(15)26-20/h5-6,8-12,24H,4,7H2,1-3H3. The molecular formula is C22H21NO4. The second-order valence-corrected chi connectivity index (χ2v) is 6.55. The number of rotatable bonds is 5. The van der Waals surface area contributed by atoms with Crippen LogP contribution in [0.25, 0.3) is 33.6 Å². The summed E-state index contributed by atoms with van der Waals surface area (Å²) in [6.07, 6.45) is 1.80. The van der Waals surface area contributed by atoms with Crippen molar-refractivity contribution in [2.45, 2.75) is 26.7 Å². The number of aromatic hydroxyl groups is 1. The maximum absolute atomic E-state index is 10.6. The summed E-state index contributed by atoms with van der Waals surface area (Å²) in [5.74, 6) is 1.90. The molecule has 0 saturated heterocycles. The number of para-hydroxylation sites is 1. The van der Waals surface area contributed by atoms with E-state index in [-0.39, 0.29) is 5.75 Å². The van der Waals surface area contributed by atoms with E-state index in [1.54, 1.807) is 13.2 Å². The lowest BCUT2D eigenvalue weighted by Crippen LogP contribution is -1.93. The van der Waals surface area contributed by atoms with E-state index in [9.17, 15) is 5.11 Å². The number of aromatic nitrogens is 1. The zero-order valence-electron chi connectivity index (χ0n) is 15.6. The van der Waals surface area contributed by atoms with Crippen molar-refractivity contribution in [1.29, 1.82) is 0 Å². The lowest BCUT2D eigenvalue weighted by Gasteiger charge is -2.11. The summed E-state index contributed by atoms with van der Waals surface area (Å²) in [4.78, 5) is 0. The van der Waals surface area contributed by atoms with Crippen LogP contribution in [0.15, 0.2) is 51.4 Å². The molecule has 0 amide bonds. The van der Waals surface area contributed by atoms with Gasteiger partial charge in [-0.2, -0.15) is 0 Å². The minimum atomic E-state index is 0.0835. The highest BCUT2D eigenvalue weighted by molar-refractivity contribution is 5.88. The number of methoxy groups -OCH3 is 1. The topological polar surface area (TPSA) is 68.6 Å². The third kappa shape index (κ3) is 2.95. The molecule has 0 spiro atoms. The minimum Gasteiger partial charge on any atom is -0.507 e. The van der Waals surface area contributed by atoms with Gasteiger partial charge >= 0.3 is 0 Å². The summed E-state index contributed by atoms with van der Waals surface area (Å²) >= 11 is 0. The fraction of sp³-hybridized carbons (Fsp3) is 0.227. The molecule has 27 heavy (non-hydrogen) atoms. The number of furan rings is 1. The first-order valence-corrected chi connectivity index (χ1v) is 8.97. The second kappa shape index (κ2) is 6.83. The monoisotopic (exact) mass is 363 g/mol. The first-order valence-electron chi connectivity index (χ1n) is 8.97. The van der Waals surface area contributed by atoms with E-state index in [0.29, 0.717) is 28.5 Å². The molecule has 138 valence electrons. The van der Waals surface area contributed by atoms with Gasteiger partial charge in [-0.15, -0.1) is 0 Å². The SMILES string of the molecule is CCCc1cc(-c2onc(C)c2-c2cc3ccccc3o2)c(O)cc1OC. The highest BCUT2D eigenvalue weighted by atomic mass is 16.5. The van der Waals surface area contributed by atoms with E-state index in [4.69, 9.17) is 13.7 Å². The van der Waals surface area contributed by atoms with Crippen LogP contribution in [0.2, 0.25) is 0 Å². The Kier molecular flexibility index (Phi) is 4.36. The molecule has 2 aromatic carbocycles. The molecule has 0 fully saturated rings. The number of fused-ring (bicyclic) bond motifs is 1. The molecule has 4 rings (SSSR count). The van der Waals surface area contributed by atoms with Crippen molar-refractivity contribution in [3.8, 4) is 34.1 Å². The Morgan fingerprint density at radius 1 is 1.15 bits per heavy atom. The van der Waals surface area contributed by atoms with Crippen LogP contribution in [0.3, 0.4) is 0 Å². The number of nitrogens with zero attached hydrogens (tertiary/aromatic N) is 1. The van der Waals surface area contributed by atoms with Crippen molar-refractivity contribution < 1.29 is 18.8 Å². The minimum absolute atomic E-state index is 0.0835. The molecule has 0 unspecified atom stereocenters. The average molecular weight is 363 g/mol. The fourth-order valence-corrected chi connectivity index (χ4v) is 3.40. The number of benzene rings is 2. The molecule has 0 aliphatic rings. The van der Waals surface area contributed by atoms with Crippen molar-refractivity contribution in [3.63, 3.8) is 0 Å². The van der Waals surface area contributed by atoms with Crippen LogP contribution < -0.4 is 4.74 Å². The maximum Gasteiger partial charge on any atom is 0.181 e. The van der Waals surface area contributed by atoms with Crippen molar-refractivity contribution in [3.05, 3.63) is 53.7 Å². The van der Waals surface area contributed by atoms with Gasteiger partial charge in [0.25, 0.3) is 0 Å². The Morgan fingerprint density at radius 3 is 2.70 bits per heavy atom. The number of aryl methyl sites for hydroxylation is 2. The number of phenols is 1. The third-order valence-corrected chi connectivity index (χ3v) is 4.70. The maximum atomic E-state index is 10.6. The summed E-state index contributed by atoms with van der Waals surface area (Å²) in [5.41, 5.74) is 3.84. The zero-order chi connectivity index (χ0) is 19.0. The number of phenolic OH excluding ortho intramolecular Hbond substituents is 1. The van der Waals surface area contributed by atoms with Gasteiger partial charge in [0.05, 0.1) is 23.9 Å². The van der Waals surface area contributed by atoms with Crippen LogP contribution in [0.4, 0.5) is 0 Å². The quantitative estimate of drug-likeness (QED) is 0.490. The van der Waals surface area contributed by atoms with Crippen LogP contribution in [0.1, 0.15) is 24.6 Å². The van der Waals surface area contributed by atoms with Gasteiger partial charge in [0.15, 0.2) is 5.76 Å². The van der Waals surface area contributed by atoms with Crippen molar-refractivity contribution >= 4 is 11.0 Å². The molecule has 0 bridgehead atoms. The molecule has 4 aromatic rings. The first-order chi connectivity index (χ1) is 13.1. The number of hydrogen-bond acceptors (Lipinski definition) is 5. The van der Waals surface area contributed by atoms with Gasteiger partial charge < -0.3 is 18.8 Å². The van der Waals surface area contributed by atoms with Gasteiger partial charge in [-0.05, 0) is 37.1 Å². The fourth-order valence-electron chi connectivity index (χ4n) is 3.40. The highest BCUT2D eigenvalue weighted by Gasteiger charge is 2.23. The van der Waals surface area contributed by atoms with E-state index in [1.807, 2.05) is 43.3 Å². The van der Waals surface area contributed by atoms with Crippen molar-refractivity contribution in [2.24, 2.45) is 0 Å². The highest BCUT2D eigenvalue weighted by Crippen LogP contribution is 2.43. The van der Waals surface area contributed by atoms with Gasteiger partial charge in [-0.1, -0.05) is 36.7 Å². The Hall–Kier alpha value is -3.21. The smallest absolute Gasteiger partial charge is 0.181 e. The van der Waals surface area contributed by atoms with Gasteiger partial charge in [-0.3, -0.25) is 0 Å². The van der Waals surface area contributed by atoms with Crippen LogP contribution in [-0.2, 0) is 6.42 Å². The van der Waals surface area contributed by atoms with E-state index < -0.39 is 0 Å². The Balaban J connectivity index is 1.90. The summed E-state index contributed by atoms with van der Waals surface area (Å²) in [5, 5.41) is 15.7. The lowest BCUT2D eigenvalue weighted by molar-refractivity contribution is 0.400. The van der Waals surface area contributed by atoms with Gasteiger partial charge in [0.2, 0.25) is 0 Å². The first kappa shape index (κ1) is 17.2.